The maximum absolute atomic E-state index is 13.1. The number of ether oxygens (including phenoxy) is 4. The van der Waals surface area contributed by atoms with Crippen LogP contribution < -0.4 is 14.8 Å². The molecule has 1 N–H and O–H groups in total. The third kappa shape index (κ3) is 9.96. The molecule has 0 saturated heterocycles. The van der Waals surface area contributed by atoms with Crippen LogP contribution in [0.3, 0.4) is 0 Å². The number of amides is 1. The van der Waals surface area contributed by atoms with Gasteiger partial charge in [0.25, 0.3) is 5.91 Å². The Morgan fingerprint density at radius 3 is 2.11 bits per heavy atom. The molecule has 2 aromatic carbocycles. The Labute approximate surface area is 219 Å². The number of rotatable bonds is 12. The van der Waals surface area contributed by atoms with Gasteiger partial charge in [-0.3, -0.25) is 24.0 Å². The largest absolute Gasteiger partial charge is 0.469 e. The Hall–Kier alpha value is -3.86. The van der Waals surface area contributed by atoms with Crippen molar-refractivity contribution in [3.05, 3.63) is 59.7 Å². The Bertz CT molecular complexity index is 1120. The molecule has 11 heteroatoms. The molecular weight excluding hydrogens is 502 g/mol. The Balaban J connectivity index is 2.47. The molecule has 0 aromatic heterocycles. The van der Waals surface area contributed by atoms with Crippen LogP contribution in [0.25, 0.3) is 0 Å². The standard InChI is InChI=1S/C26H29NO9S/c1-16(28)34-21-11-10-20(14-22(21)35-17(2)29)25(37-15-19-8-6-5-7-9-19)24(36-18(3)30)26(32)27-13-12-23(31)33-4/h5-11,14,24-25H,12-13,15H2,1-4H3,(H,27,32)/t24-,25?/m0/s1. The SMILES string of the molecule is COC(=O)CCNC(=O)[C@@H](OC(C)=O)C(SCc1ccccc1)c1ccc(OC(C)=O)c(OC(C)=O)c1. The number of carbonyl (C=O) groups excluding carboxylic acids is 5. The zero-order valence-corrected chi connectivity index (χ0v) is 21.8. The van der Waals surface area contributed by atoms with E-state index in [0.29, 0.717) is 11.3 Å². The predicted molar refractivity (Wildman–Crippen MR) is 135 cm³/mol. The van der Waals surface area contributed by atoms with E-state index in [4.69, 9.17) is 14.2 Å². The average molecular weight is 532 g/mol. The molecule has 10 nitrogen and oxygen atoms in total. The van der Waals surface area contributed by atoms with E-state index in [-0.39, 0.29) is 24.5 Å². The summed E-state index contributed by atoms with van der Waals surface area (Å²) in [5.74, 6) is -2.63. The topological polar surface area (TPSA) is 134 Å². The van der Waals surface area contributed by atoms with E-state index in [1.807, 2.05) is 30.3 Å². The zero-order chi connectivity index (χ0) is 27.4. The van der Waals surface area contributed by atoms with Gasteiger partial charge in [-0.1, -0.05) is 36.4 Å². The molecule has 2 aromatic rings. The summed E-state index contributed by atoms with van der Waals surface area (Å²) in [4.78, 5) is 59.8. The molecule has 2 rings (SSSR count). The molecule has 1 amide bonds. The number of methoxy groups -OCH3 is 1. The molecule has 0 spiro atoms. The third-order valence-electron chi connectivity index (χ3n) is 4.76. The fraction of sp³-hybridized carbons (Fsp3) is 0.346. The fourth-order valence-corrected chi connectivity index (χ4v) is 4.47. The van der Waals surface area contributed by atoms with Crippen LogP contribution in [0, 0.1) is 0 Å². The van der Waals surface area contributed by atoms with Gasteiger partial charge in [0, 0.05) is 33.1 Å². The summed E-state index contributed by atoms with van der Waals surface area (Å²) in [6, 6.07) is 13.9. The summed E-state index contributed by atoms with van der Waals surface area (Å²) in [7, 11) is 1.24. The molecular formula is C26H29NO9S. The van der Waals surface area contributed by atoms with Crippen LogP contribution in [-0.4, -0.2) is 49.5 Å². The van der Waals surface area contributed by atoms with E-state index in [1.165, 1.54) is 51.8 Å². The summed E-state index contributed by atoms with van der Waals surface area (Å²) >= 11 is 1.32. The van der Waals surface area contributed by atoms with Gasteiger partial charge in [0.15, 0.2) is 17.6 Å². The van der Waals surface area contributed by atoms with Gasteiger partial charge in [-0.05, 0) is 23.3 Å². The van der Waals surface area contributed by atoms with Gasteiger partial charge in [0.05, 0.1) is 18.8 Å². The maximum atomic E-state index is 13.1. The Morgan fingerprint density at radius 1 is 0.865 bits per heavy atom. The van der Waals surface area contributed by atoms with Crippen molar-refractivity contribution >= 4 is 41.5 Å². The zero-order valence-electron chi connectivity index (χ0n) is 21.0. The van der Waals surface area contributed by atoms with Gasteiger partial charge < -0.3 is 24.3 Å². The number of hydrogen-bond acceptors (Lipinski definition) is 10. The highest BCUT2D eigenvalue weighted by molar-refractivity contribution is 7.98. The molecule has 0 aliphatic carbocycles. The van der Waals surface area contributed by atoms with E-state index in [1.54, 1.807) is 6.07 Å². The van der Waals surface area contributed by atoms with Gasteiger partial charge in [0.2, 0.25) is 0 Å². The van der Waals surface area contributed by atoms with Crippen molar-refractivity contribution in [1.82, 2.24) is 5.32 Å². The fourth-order valence-electron chi connectivity index (χ4n) is 3.22. The molecule has 0 aliphatic rings. The highest BCUT2D eigenvalue weighted by Crippen LogP contribution is 2.40. The van der Waals surface area contributed by atoms with Crippen molar-refractivity contribution in [2.24, 2.45) is 0 Å². The van der Waals surface area contributed by atoms with E-state index in [9.17, 15) is 24.0 Å². The molecule has 0 bridgehead atoms. The first-order valence-corrected chi connectivity index (χ1v) is 12.3. The van der Waals surface area contributed by atoms with Gasteiger partial charge in [0.1, 0.15) is 0 Å². The molecule has 0 fully saturated rings. The van der Waals surface area contributed by atoms with Gasteiger partial charge in [-0.2, -0.15) is 0 Å². The quantitative estimate of drug-likeness (QED) is 0.321. The normalized spacial score (nSPS) is 12.0. The first-order valence-electron chi connectivity index (χ1n) is 11.3. The lowest BCUT2D eigenvalue weighted by molar-refractivity contribution is -0.154. The molecule has 0 aliphatic heterocycles. The van der Waals surface area contributed by atoms with Crippen LogP contribution in [0.4, 0.5) is 0 Å². The van der Waals surface area contributed by atoms with Crippen molar-refractivity contribution in [2.75, 3.05) is 13.7 Å². The highest BCUT2D eigenvalue weighted by Gasteiger charge is 2.34. The van der Waals surface area contributed by atoms with Crippen LogP contribution >= 0.6 is 11.8 Å². The molecule has 0 radical (unpaired) electrons. The predicted octanol–water partition coefficient (Wildman–Crippen LogP) is 3.12. The second-order valence-corrected chi connectivity index (χ2v) is 8.89. The van der Waals surface area contributed by atoms with E-state index < -0.39 is 41.1 Å². The number of nitrogens with one attached hydrogen (secondary N) is 1. The lowest BCUT2D eigenvalue weighted by Gasteiger charge is -2.26. The molecule has 0 heterocycles. The Kier molecular flexibility index (Phi) is 11.6. The first-order chi connectivity index (χ1) is 17.6. The van der Waals surface area contributed by atoms with Crippen molar-refractivity contribution in [2.45, 2.75) is 44.3 Å². The number of thioether (sulfide) groups is 1. The molecule has 198 valence electrons. The minimum absolute atomic E-state index is 0.0184. The van der Waals surface area contributed by atoms with E-state index in [0.717, 1.165) is 5.56 Å². The second kappa shape index (κ2) is 14.6. The highest BCUT2D eigenvalue weighted by atomic mass is 32.2. The molecule has 37 heavy (non-hydrogen) atoms. The van der Waals surface area contributed by atoms with Crippen LogP contribution in [0.2, 0.25) is 0 Å². The minimum Gasteiger partial charge on any atom is -0.469 e. The average Bonchev–Trinajstić information content (AvgIpc) is 2.84. The smallest absolute Gasteiger partial charge is 0.308 e. The first kappa shape index (κ1) is 29.4. The number of benzene rings is 2. The lowest BCUT2D eigenvalue weighted by atomic mass is 10.1. The Morgan fingerprint density at radius 2 is 1.51 bits per heavy atom. The van der Waals surface area contributed by atoms with Crippen molar-refractivity contribution < 1.29 is 42.9 Å². The van der Waals surface area contributed by atoms with Crippen LogP contribution in [0.15, 0.2) is 48.5 Å². The van der Waals surface area contributed by atoms with Crippen molar-refractivity contribution in [3.8, 4) is 11.5 Å². The van der Waals surface area contributed by atoms with Crippen LogP contribution in [-0.2, 0) is 39.2 Å². The molecule has 2 atom stereocenters. The molecule has 1 unspecified atom stereocenters. The van der Waals surface area contributed by atoms with Crippen molar-refractivity contribution in [3.63, 3.8) is 0 Å². The maximum Gasteiger partial charge on any atom is 0.308 e. The monoisotopic (exact) mass is 531 g/mol. The summed E-state index contributed by atoms with van der Waals surface area (Å²) in [5, 5.41) is 1.84. The van der Waals surface area contributed by atoms with Crippen LogP contribution in [0.1, 0.15) is 43.6 Å². The lowest BCUT2D eigenvalue weighted by Crippen LogP contribution is -2.41. The van der Waals surface area contributed by atoms with E-state index in [2.05, 4.69) is 10.1 Å². The van der Waals surface area contributed by atoms with Gasteiger partial charge in [-0.25, -0.2) is 0 Å². The van der Waals surface area contributed by atoms with Crippen LogP contribution in [0.5, 0.6) is 11.5 Å². The molecule has 0 saturated carbocycles. The third-order valence-corrected chi connectivity index (χ3v) is 6.14. The summed E-state index contributed by atoms with van der Waals surface area (Å²) in [5.41, 5.74) is 1.43. The van der Waals surface area contributed by atoms with Gasteiger partial charge >= 0.3 is 23.9 Å². The number of carbonyl (C=O) groups is 5. The van der Waals surface area contributed by atoms with Crippen molar-refractivity contribution in [1.29, 1.82) is 0 Å². The number of hydrogen-bond donors (Lipinski definition) is 1. The minimum atomic E-state index is -1.30. The van der Waals surface area contributed by atoms with Gasteiger partial charge in [-0.15, -0.1) is 11.8 Å². The summed E-state index contributed by atoms with van der Waals surface area (Å²) in [6.45, 7) is 3.56. The second-order valence-electron chi connectivity index (χ2n) is 7.76. The number of esters is 4. The van der Waals surface area contributed by atoms with E-state index >= 15 is 0 Å². The summed E-state index contributed by atoms with van der Waals surface area (Å²) < 4.78 is 20.4. The summed E-state index contributed by atoms with van der Waals surface area (Å²) in [6.07, 6.45) is -1.36.